The molecule has 1 saturated heterocycles. The van der Waals surface area contributed by atoms with E-state index in [2.05, 4.69) is 0 Å². The Morgan fingerprint density at radius 2 is 1.88 bits per heavy atom. The lowest BCUT2D eigenvalue weighted by Gasteiger charge is -2.43. The Labute approximate surface area is 147 Å². The third-order valence-electron chi connectivity index (χ3n) is 5.29. The zero-order valence-corrected chi connectivity index (χ0v) is 15.1. The molecule has 0 radical (unpaired) electrons. The van der Waals surface area contributed by atoms with Crippen LogP contribution in [0.2, 0.25) is 5.02 Å². The van der Waals surface area contributed by atoms with Crippen LogP contribution in [0.5, 0.6) is 0 Å². The third-order valence-corrected chi connectivity index (χ3v) is 7.58. The van der Waals surface area contributed by atoms with Crippen LogP contribution >= 0.6 is 11.6 Å². The molecule has 2 aliphatic rings. The predicted octanol–water partition coefficient (Wildman–Crippen LogP) is 3.90. The lowest BCUT2D eigenvalue weighted by Crippen LogP contribution is -2.49. The first kappa shape index (κ1) is 17.6. The number of halogens is 1. The molecule has 1 saturated carbocycles. The molecule has 0 spiro atoms. The number of nitro groups is 1. The van der Waals surface area contributed by atoms with E-state index >= 15 is 0 Å². The van der Waals surface area contributed by atoms with Gasteiger partial charge in [0.05, 0.1) is 14.8 Å². The van der Waals surface area contributed by atoms with Gasteiger partial charge in [-0.05, 0) is 44.6 Å². The van der Waals surface area contributed by atoms with Crippen LogP contribution in [-0.4, -0.2) is 30.2 Å². The maximum Gasteiger partial charge on any atom is 0.275 e. The van der Waals surface area contributed by atoms with Gasteiger partial charge in [-0.2, -0.15) is 4.31 Å². The number of fused-ring (bicyclic) bond motifs is 1. The van der Waals surface area contributed by atoms with Gasteiger partial charge >= 0.3 is 0 Å². The fourth-order valence-electron chi connectivity index (χ4n) is 3.99. The van der Waals surface area contributed by atoms with Crippen LogP contribution in [0.15, 0.2) is 17.0 Å². The Hall–Kier alpha value is -1.18. The van der Waals surface area contributed by atoms with Crippen molar-refractivity contribution in [2.75, 3.05) is 6.54 Å². The molecule has 0 unspecified atom stereocenters. The normalized spacial score (nSPS) is 25.2. The van der Waals surface area contributed by atoms with Crippen LogP contribution in [0.1, 0.15) is 44.1 Å². The van der Waals surface area contributed by atoms with Gasteiger partial charge < -0.3 is 0 Å². The lowest BCUT2D eigenvalue weighted by molar-refractivity contribution is -0.385. The van der Waals surface area contributed by atoms with Crippen molar-refractivity contribution in [1.29, 1.82) is 0 Å². The molecule has 1 heterocycles. The van der Waals surface area contributed by atoms with Gasteiger partial charge in [-0.15, -0.1) is 0 Å². The molecule has 1 aliphatic heterocycles. The number of hydrogen-bond donors (Lipinski definition) is 0. The maximum absolute atomic E-state index is 13.1. The predicted molar refractivity (Wildman–Crippen MR) is 91.7 cm³/mol. The Morgan fingerprint density at radius 3 is 2.58 bits per heavy atom. The van der Waals surface area contributed by atoms with E-state index in [-0.39, 0.29) is 27.2 Å². The fraction of sp³-hybridized carbons (Fsp3) is 0.625. The van der Waals surface area contributed by atoms with E-state index in [0.717, 1.165) is 44.6 Å². The first-order valence-corrected chi connectivity index (χ1v) is 10.1. The Morgan fingerprint density at radius 1 is 1.21 bits per heavy atom. The molecule has 2 atom stereocenters. The van der Waals surface area contributed by atoms with Crippen molar-refractivity contribution in [2.45, 2.75) is 56.4 Å². The summed E-state index contributed by atoms with van der Waals surface area (Å²) in [6, 6.07) is 2.49. The third kappa shape index (κ3) is 3.05. The first-order chi connectivity index (χ1) is 11.3. The van der Waals surface area contributed by atoms with Crippen LogP contribution in [0.4, 0.5) is 5.69 Å². The molecule has 6 nitrogen and oxygen atoms in total. The fourth-order valence-corrected chi connectivity index (χ4v) is 6.07. The summed E-state index contributed by atoms with van der Waals surface area (Å²) >= 11 is 6.06. The second-order valence-electron chi connectivity index (χ2n) is 6.68. The van der Waals surface area contributed by atoms with Crippen molar-refractivity contribution in [3.05, 3.63) is 32.8 Å². The lowest BCUT2D eigenvalue weighted by atomic mass is 9.79. The number of benzene rings is 1. The molecule has 0 bridgehead atoms. The van der Waals surface area contributed by atoms with Crippen molar-refractivity contribution >= 4 is 27.3 Å². The van der Waals surface area contributed by atoms with Gasteiger partial charge in [-0.3, -0.25) is 10.1 Å². The summed E-state index contributed by atoms with van der Waals surface area (Å²) in [5, 5.41) is 11.3. The summed E-state index contributed by atoms with van der Waals surface area (Å²) in [5.41, 5.74) is 0.0353. The number of piperidine rings is 1. The molecule has 132 valence electrons. The molecule has 0 amide bonds. The number of sulfonamides is 1. The maximum atomic E-state index is 13.1. The number of nitrogens with zero attached hydrogens (tertiary/aromatic N) is 2. The molecule has 24 heavy (non-hydrogen) atoms. The standard InChI is InChI=1S/C16H21ClN2O4S/c1-11-14(17)9-13(10-16(11)19(20)21)24(22,23)18-8-4-6-12-5-2-3-7-15(12)18/h9-10,12,15H,2-8H2,1H3/t12-,15-/m0/s1. The summed E-state index contributed by atoms with van der Waals surface area (Å²) in [6.07, 6.45) is 6.00. The molecule has 2 fully saturated rings. The van der Waals surface area contributed by atoms with E-state index < -0.39 is 14.9 Å². The van der Waals surface area contributed by atoms with Crippen molar-refractivity contribution in [3.63, 3.8) is 0 Å². The molecule has 3 rings (SSSR count). The van der Waals surface area contributed by atoms with Gasteiger partial charge in [-0.1, -0.05) is 24.4 Å². The minimum Gasteiger partial charge on any atom is -0.258 e. The zero-order chi connectivity index (χ0) is 17.5. The minimum absolute atomic E-state index is 0.0108. The molecule has 0 N–H and O–H groups in total. The topological polar surface area (TPSA) is 80.5 Å². The smallest absolute Gasteiger partial charge is 0.258 e. The number of rotatable bonds is 3. The van der Waals surface area contributed by atoms with Gasteiger partial charge in [0.25, 0.3) is 5.69 Å². The highest BCUT2D eigenvalue weighted by Crippen LogP contribution is 2.39. The molecular formula is C16H21ClN2O4S. The largest absolute Gasteiger partial charge is 0.275 e. The SMILES string of the molecule is Cc1c(Cl)cc(S(=O)(=O)N2CCC[C@@H]3CCCC[C@@H]32)cc1[N+](=O)[O-]. The van der Waals surface area contributed by atoms with Gasteiger partial charge in [0, 0.05) is 24.2 Å². The molecular weight excluding hydrogens is 352 g/mol. The molecule has 8 heteroatoms. The van der Waals surface area contributed by atoms with Crippen molar-refractivity contribution in [2.24, 2.45) is 5.92 Å². The van der Waals surface area contributed by atoms with Gasteiger partial charge in [0.15, 0.2) is 0 Å². The van der Waals surface area contributed by atoms with Crippen LogP contribution in [-0.2, 0) is 10.0 Å². The number of hydrogen-bond acceptors (Lipinski definition) is 4. The molecule has 1 aliphatic carbocycles. The molecule has 1 aromatic rings. The number of nitro benzene ring substituents is 1. The second kappa shape index (κ2) is 6.61. The van der Waals surface area contributed by atoms with E-state index in [1.165, 1.54) is 13.0 Å². The molecule has 1 aromatic carbocycles. The van der Waals surface area contributed by atoms with Gasteiger partial charge in [0.1, 0.15) is 0 Å². The monoisotopic (exact) mass is 372 g/mol. The summed E-state index contributed by atoms with van der Waals surface area (Å²) in [5.74, 6) is 0.401. The van der Waals surface area contributed by atoms with E-state index in [4.69, 9.17) is 11.6 Å². The van der Waals surface area contributed by atoms with Crippen molar-refractivity contribution in [3.8, 4) is 0 Å². The average molecular weight is 373 g/mol. The highest BCUT2D eigenvalue weighted by Gasteiger charge is 2.40. The van der Waals surface area contributed by atoms with Gasteiger partial charge in [-0.25, -0.2) is 8.42 Å². The first-order valence-electron chi connectivity index (χ1n) is 8.28. The van der Waals surface area contributed by atoms with Crippen LogP contribution in [0.3, 0.4) is 0 Å². The van der Waals surface area contributed by atoms with Crippen molar-refractivity contribution < 1.29 is 13.3 Å². The van der Waals surface area contributed by atoms with E-state index in [1.54, 1.807) is 4.31 Å². The van der Waals surface area contributed by atoms with Crippen LogP contribution in [0, 0.1) is 23.0 Å². The van der Waals surface area contributed by atoms with Crippen LogP contribution < -0.4 is 0 Å². The molecule has 0 aromatic heterocycles. The van der Waals surface area contributed by atoms with Crippen molar-refractivity contribution in [1.82, 2.24) is 4.31 Å². The highest BCUT2D eigenvalue weighted by molar-refractivity contribution is 7.89. The summed E-state index contributed by atoms with van der Waals surface area (Å²) in [6.45, 7) is 2.00. The van der Waals surface area contributed by atoms with E-state index in [0.29, 0.717) is 12.5 Å². The quantitative estimate of drug-likeness (QED) is 0.595. The summed E-state index contributed by atoms with van der Waals surface area (Å²) in [7, 11) is -3.78. The Bertz CT molecular complexity index is 764. The average Bonchev–Trinajstić information content (AvgIpc) is 2.56. The summed E-state index contributed by atoms with van der Waals surface area (Å²) in [4.78, 5) is 10.5. The summed E-state index contributed by atoms with van der Waals surface area (Å²) < 4.78 is 27.8. The minimum atomic E-state index is -3.78. The van der Waals surface area contributed by atoms with Crippen LogP contribution in [0.25, 0.3) is 0 Å². The van der Waals surface area contributed by atoms with E-state index in [9.17, 15) is 18.5 Å². The Kier molecular flexibility index (Phi) is 4.86. The van der Waals surface area contributed by atoms with Gasteiger partial charge in [0.2, 0.25) is 10.0 Å². The Balaban J connectivity index is 2.02. The second-order valence-corrected chi connectivity index (χ2v) is 8.97. The zero-order valence-electron chi connectivity index (χ0n) is 13.6. The van der Waals surface area contributed by atoms with E-state index in [1.807, 2.05) is 0 Å². The highest BCUT2D eigenvalue weighted by atomic mass is 35.5.